The van der Waals surface area contributed by atoms with Crippen LogP contribution in [0.2, 0.25) is 0 Å². The van der Waals surface area contributed by atoms with Crippen LogP contribution in [-0.2, 0) is 46.3 Å². The molecule has 5 atom stereocenters. The van der Waals surface area contributed by atoms with Crippen LogP contribution in [0.25, 0.3) is 33.4 Å². The molecule has 9 rings (SSSR count). The van der Waals surface area contributed by atoms with E-state index in [1.54, 1.807) is 13.3 Å². The van der Waals surface area contributed by atoms with E-state index in [9.17, 15) is 14.4 Å². The van der Waals surface area contributed by atoms with Gasteiger partial charge in [0.15, 0.2) is 0 Å². The Bertz CT molecular complexity index is 2180. The molecule has 7 heterocycles. The van der Waals surface area contributed by atoms with Crippen LogP contribution in [0, 0.1) is 11.3 Å². The van der Waals surface area contributed by atoms with Crippen LogP contribution in [0.15, 0.2) is 41.9 Å². The van der Waals surface area contributed by atoms with Gasteiger partial charge >= 0.3 is 5.97 Å². The molecule has 14 heteroatoms. The van der Waals surface area contributed by atoms with Gasteiger partial charge in [0.2, 0.25) is 0 Å². The molecule has 2 N–H and O–H groups in total. The van der Waals surface area contributed by atoms with Gasteiger partial charge in [-0.05, 0) is 95.5 Å². The number of rotatable bonds is 8. The van der Waals surface area contributed by atoms with Gasteiger partial charge in [-0.15, -0.1) is 11.3 Å². The molecule has 1 unspecified atom stereocenters. The van der Waals surface area contributed by atoms with Crippen LogP contribution < -0.4 is 10.7 Å². The van der Waals surface area contributed by atoms with Gasteiger partial charge in [-0.25, -0.2) is 10.4 Å². The Kier molecular flexibility index (Phi) is 10.8. The third-order valence-electron chi connectivity index (χ3n) is 12.2. The average molecular weight is 799 g/mol. The first-order valence-corrected chi connectivity index (χ1v) is 21.2. The number of hydrogen-bond acceptors (Lipinski definition) is 11. The number of nitrogens with zero attached hydrogens (tertiary/aromatic N) is 4. The molecule has 4 aromatic rings. The molecule has 1 saturated carbocycles. The number of carbonyl (C=O) groups excluding carboxylic acids is 3. The van der Waals surface area contributed by atoms with Crippen molar-refractivity contribution in [1.29, 1.82) is 0 Å². The molecule has 3 saturated heterocycles. The zero-order chi connectivity index (χ0) is 40.2. The fourth-order valence-electron chi connectivity index (χ4n) is 9.12. The summed E-state index contributed by atoms with van der Waals surface area (Å²) >= 11 is 1.39. The van der Waals surface area contributed by atoms with Crippen molar-refractivity contribution in [3.63, 3.8) is 0 Å². The molecule has 5 aliphatic rings. The van der Waals surface area contributed by atoms with Gasteiger partial charge in [-0.1, -0.05) is 19.9 Å². The van der Waals surface area contributed by atoms with Gasteiger partial charge in [0.25, 0.3) is 11.8 Å². The number of esters is 1. The van der Waals surface area contributed by atoms with Crippen molar-refractivity contribution in [2.75, 3.05) is 26.9 Å². The van der Waals surface area contributed by atoms with Gasteiger partial charge in [-0.3, -0.25) is 24.4 Å². The molecule has 0 spiro atoms. The SMILES string of the molecule is CCO[C@@H]1c2nc(cs2)-c2ccc3c(c2)c(c(-c2cccnc2[C@H](C)OC)n3CC)CC(C)(C)COC(=O)[C@@H]2CCCN(N2)C(=O)[C@H]1NC(=O)C12CC(C1)C(C)O2. The van der Waals surface area contributed by atoms with Crippen molar-refractivity contribution < 1.29 is 33.3 Å². The number of carbonyl (C=O) groups is 3. The van der Waals surface area contributed by atoms with E-state index in [1.165, 1.54) is 16.3 Å². The number of fused-ring (bicyclic) bond motifs is 7. The summed E-state index contributed by atoms with van der Waals surface area (Å²) in [6, 6.07) is 8.59. The third-order valence-corrected chi connectivity index (χ3v) is 13.2. The molecular weight excluding hydrogens is 745 g/mol. The van der Waals surface area contributed by atoms with E-state index in [0.717, 1.165) is 44.7 Å². The molecule has 2 amide bonds. The summed E-state index contributed by atoms with van der Waals surface area (Å²) in [6.07, 6.45) is 3.54. The van der Waals surface area contributed by atoms with Gasteiger partial charge in [0.05, 0.1) is 35.9 Å². The standard InChI is InChI=1S/C43H54N6O7S/c1-8-48-33-15-14-26-18-29(33)30(36(48)28-12-10-16-44-34(28)25(4)53-7)21-42(5,6)23-55-40(51)31-13-11-17-49(47-31)39(50)35(37(54-9-2)38-45-32(26)22-57-38)46-41(52)43-19-27(20-43)24(3)56-43/h10,12,14-16,18,22,24-25,27,31,35,37,47H,8-9,11,13,17,19-21,23H2,1-7H3,(H,46,52)/t24?,25-,27?,31-,35-,37-,43?/m0/s1. The Labute approximate surface area is 337 Å². The highest BCUT2D eigenvalue weighted by molar-refractivity contribution is 7.10. The van der Waals surface area contributed by atoms with Crippen LogP contribution in [0.3, 0.4) is 0 Å². The molecule has 1 aliphatic carbocycles. The second-order valence-electron chi connectivity index (χ2n) is 16.8. The number of nitrogens with one attached hydrogen (secondary N) is 2. The Balaban J connectivity index is 1.27. The fourth-order valence-corrected chi connectivity index (χ4v) is 10.0. The summed E-state index contributed by atoms with van der Waals surface area (Å²) < 4.78 is 26.7. The lowest BCUT2D eigenvalue weighted by atomic mass is 9.72. The van der Waals surface area contributed by atoms with Crippen molar-refractivity contribution in [3.8, 4) is 22.5 Å². The van der Waals surface area contributed by atoms with E-state index in [4.69, 9.17) is 28.9 Å². The molecule has 4 fully saturated rings. The number of hydrazine groups is 1. The van der Waals surface area contributed by atoms with E-state index < -0.39 is 41.1 Å². The minimum atomic E-state index is -1.14. The molecule has 3 aromatic heterocycles. The minimum absolute atomic E-state index is 0.0232. The van der Waals surface area contributed by atoms with Gasteiger partial charge in [0.1, 0.15) is 28.8 Å². The second kappa shape index (κ2) is 15.5. The van der Waals surface area contributed by atoms with Crippen LogP contribution in [0.4, 0.5) is 0 Å². The lowest BCUT2D eigenvalue weighted by molar-refractivity contribution is -0.159. The number of thiazole rings is 1. The first kappa shape index (κ1) is 39.6. The maximum absolute atomic E-state index is 14.6. The molecular formula is C43H54N6O7S. The average Bonchev–Trinajstić information content (AvgIpc) is 3.97. The fraction of sp³-hybridized carbons (Fsp3) is 0.558. The molecule has 13 nitrogen and oxygen atoms in total. The number of aromatic nitrogens is 3. The number of methoxy groups -OCH3 is 1. The molecule has 1 aromatic carbocycles. The third kappa shape index (κ3) is 7.17. The predicted molar refractivity (Wildman–Crippen MR) is 216 cm³/mol. The smallest absolute Gasteiger partial charge is 0.324 e. The monoisotopic (exact) mass is 798 g/mol. The largest absolute Gasteiger partial charge is 0.464 e. The number of benzene rings is 1. The van der Waals surface area contributed by atoms with Crippen molar-refractivity contribution in [2.45, 2.75) is 116 Å². The maximum atomic E-state index is 14.6. The first-order valence-electron chi connectivity index (χ1n) is 20.3. The lowest BCUT2D eigenvalue weighted by Gasteiger charge is -2.39. The highest BCUT2D eigenvalue weighted by atomic mass is 32.1. The summed E-state index contributed by atoms with van der Waals surface area (Å²) in [5, 5.41) is 8.13. The first-order chi connectivity index (χ1) is 27.4. The van der Waals surface area contributed by atoms with E-state index in [0.29, 0.717) is 56.1 Å². The number of cyclic esters (lactones) is 1. The van der Waals surface area contributed by atoms with E-state index in [-0.39, 0.29) is 31.3 Å². The van der Waals surface area contributed by atoms with E-state index >= 15 is 0 Å². The normalized spacial score (nSPS) is 27.8. The molecule has 0 radical (unpaired) electrons. The van der Waals surface area contributed by atoms with Crippen molar-refractivity contribution in [1.82, 2.24) is 30.3 Å². The maximum Gasteiger partial charge on any atom is 0.324 e. The summed E-state index contributed by atoms with van der Waals surface area (Å²) in [7, 11) is 1.69. The van der Waals surface area contributed by atoms with Crippen molar-refractivity contribution >= 4 is 40.0 Å². The van der Waals surface area contributed by atoms with Gasteiger partial charge < -0.3 is 28.8 Å². The van der Waals surface area contributed by atoms with Crippen molar-refractivity contribution in [3.05, 3.63) is 58.2 Å². The van der Waals surface area contributed by atoms with Crippen molar-refractivity contribution in [2.24, 2.45) is 11.3 Å². The Morgan fingerprint density at radius 3 is 2.72 bits per heavy atom. The van der Waals surface area contributed by atoms with Crippen LogP contribution in [-0.4, -0.2) is 88.0 Å². The zero-order valence-electron chi connectivity index (χ0n) is 33.9. The summed E-state index contributed by atoms with van der Waals surface area (Å²) in [6.45, 7) is 13.7. The van der Waals surface area contributed by atoms with Crippen LogP contribution in [0.5, 0.6) is 0 Å². The summed E-state index contributed by atoms with van der Waals surface area (Å²) in [4.78, 5) is 52.4. The molecule has 8 bridgehead atoms. The number of amides is 2. The lowest BCUT2D eigenvalue weighted by Crippen LogP contribution is -2.63. The van der Waals surface area contributed by atoms with E-state index in [1.807, 2.05) is 32.2 Å². The number of pyridine rings is 1. The topological polar surface area (TPSA) is 146 Å². The Morgan fingerprint density at radius 2 is 2.00 bits per heavy atom. The highest BCUT2D eigenvalue weighted by Crippen LogP contribution is 2.52. The second-order valence-corrected chi connectivity index (χ2v) is 17.7. The molecule has 304 valence electrons. The highest BCUT2D eigenvalue weighted by Gasteiger charge is 2.61. The molecule has 4 aliphatic heterocycles. The van der Waals surface area contributed by atoms with Crippen LogP contribution >= 0.6 is 11.3 Å². The Hall–Kier alpha value is -4.21. The number of aryl methyl sites for hydroxylation is 1. The predicted octanol–water partition coefficient (Wildman–Crippen LogP) is 6.31. The minimum Gasteiger partial charge on any atom is -0.464 e. The quantitative estimate of drug-likeness (QED) is 0.195. The van der Waals surface area contributed by atoms with Gasteiger partial charge in [-0.2, -0.15) is 0 Å². The van der Waals surface area contributed by atoms with Gasteiger partial charge in [0, 0.05) is 65.8 Å². The number of hydrogen-bond donors (Lipinski definition) is 2. The zero-order valence-corrected chi connectivity index (χ0v) is 34.7. The summed E-state index contributed by atoms with van der Waals surface area (Å²) in [5.74, 6) is -0.841. The Morgan fingerprint density at radius 1 is 1.19 bits per heavy atom. The summed E-state index contributed by atoms with van der Waals surface area (Å²) in [5.41, 5.74) is 8.44. The van der Waals surface area contributed by atoms with E-state index in [2.05, 4.69) is 60.3 Å². The number of ether oxygens (including phenoxy) is 4. The van der Waals surface area contributed by atoms with Crippen LogP contribution in [0.1, 0.15) is 95.7 Å². The molecule has 57 heavy (non-hydrogen) atoms.